The number of unbranched alkanes of at least 4 members (excludes halogenated alkanes) is 18. The van der Waals surface area contributed by atoms with Crippen LogP contribution >= 0.6 is 7.82 Å². The summed E-state index contributed by atoms with van der Waals surface area (Å²) in [4.78, 5) is 22.4. The monoisotopic (exact) mass is 752 g/mol. The summed E-state index contributed by atoms with van der Waals surface area (Å²) in [5.74, 6) is -0.407. The number of ether oxygens (including phenoxy) is 2. The Morgan fingerprint density at radius 1 is 0.596 bits per heavy atom. The molecule has 0 aromatic rings. The molecule has 9 heteroatoms. The summed E-state index contributed by atoms with van der Waals surface area (Å²) in [6.07, 6.45) is 49.1. The highest BCUT2D eigenvalue weighted by molar-refractivity contribution is 7.47. The summed E-state index contributed by atoms with van der Waals surface area (Å²) in [7, 11) is -4.31. The second-order valence-electron chi connectivity index (χ2n) is 13.6. The number of hydrogen-bond donors (Lipinski definition) is 2. The van der Waals surface area contributed by atoms with Crippen molar-refractivity contribution in [2.45, 2.75) is 180 Å². The zero-order valence-corrected chi connectivity index (χ0v) is 34.2. The number of phosphoric acid groups is 1. The Labute approximate surface area is 319 Å². The standard InChI is InChI=1S/C43H78NO7P/c1-3-5-7-9-11-13-15-17-19-21-22-24-26-28-30-32-34-36-43(45)51-42(41-50-52(46,47)49-39-37-44)40-48-38-35-33-31-29-27-25-23-20-18-16-14-12-10-8-6-4-2/h11,13,17,19,22,24,28,30,35,38,42H,3-10,12,14-16,18,20-21,23,25-27,29,31-34,36-37,39-41,44H2,1-2H3,(H,46,47)/b13-11-,19-17-,24-22-,30-28-,38-35-. The zero-order chi connectivity index (χ0) is 38.1. The highest BCUT2D eigenvalue weighted by Gasteiger charge is 2.25. The van der Waals surface area contributed by atoms with Crippen molar-refractivity contribution in [3.05, 3.63) is 60.9 Å². The van der Waals surface area contributed by atoms with Crippen LogP contribution in [0.4, 0.5) is 0 Å². The van der Waals surface area contributed by atoms with Gasteiger partial charge in [0, 0.05) is 13.0 Å². The maximum atomic E-state index is 12.5. The van der Waals surface area contributed by atoms with E-state index < -0.39 is 19.9 Å². The summed E-state index contributed by atoms with van der Waals surface area (Å²) in [5, 5.41) is 0. The number of esters is 1. The van der Waals surface area contributed by atoms with Crippen LogP contribution in [0.25, 0.3) is 0 Å². The Morgan fingerprint density at radius 2 is 1.04 bits per heavy atom. The SMILES string of the molecule is CCCCC/C=C\C/C=C\C/C=C\C/C=C\CCCC(=O)OC(CO/C=C\CCCCCCCCCCCCCCCC)COP(=O)(O)OCCN. The van der Waals surface area contributed by atoms with Crippen molar-refractivity contribution in [3.8, 4) is 0 Å². The molecule has 2 unspecified atom stereocenters. The quantitative estimate of drug-likeness (QED) is 0.0210. The van der Waals surface area contributed by atoms with Gasteiger partial charge in [0.25, 0.3) is 0 Å². The molecule has 0 aromatic carbocycles. The number of carbonyl (C=O) groups excluding carboxylic acids is 1. The molecule has 0 spiro atoms. The van der Waals surface area contributed by atoms with Gasteiger partial charge in [0.1, 0.15) is 6.61 Å². The minimum absolute atomic E-state index is 0.00897. The van der Waals surface area contributed by atoms with E-state index in [9.17, 15) is 14.3 Å². The Balaban J connectivity index is 4.21. The topological polar surface area (TPSA) is 117 Å². The van der Waals surface area contributed by atoms with E-state index in [0.717, 1.165) is 38.5 Å². The summed E-state index contributed by atoms with van der Waals surface area (Å²) >= 11 is 0. The number of hydrogen-bond acceptors (Lipinski definition) is 7. The van der Waals surface area contributed by atoms with Crippen LogP contribution in [0.2, 0.25) is 0 Å². The molecule has 0 aliphatic heterocycles. The number of allylic oxidation sites excluding steroid dienone is 9. The molecule has 0 amide bonds. The second-order valence-corrected chi connectivity index (χ2v) is 15.0. The Bertz CT molecular complexity index is 979. The first-order chi connectivity index (χ1) is 25.4. The van der Waals surface area contributed by atoms with Crippen LogP contribution in [0.15, 0.2) is 60.9 Å². The smallest absolute Gasteiger partial charge is 0.472 e. The molecule has 3 N–H and O–H groups in total. The van der Waals surface area contributed by atoms with Gasteiger partial charge in [-0.3, -0.25) is 13.8 Å². The molecule has 0 saturated carbocycles. The minimum atomic E-state index is -4.31. The van der Waals surface area contributed by atoms with Crippen LogP contribution < -0.4 is 5.73 Å². The fourth-order valence-electron chi connectivity index (χ4n) is 5.42. The van der Waals surface area contributed by atoms with Crippen molar-refractivity contribution in [2.75, 3.05) is 26.4 Å². The predicted molar refractivity (Wildman–Crippen MR) is 219 cm³/mol. The number of nitrogens with two attached hydrogens (primary N) is 1. The van der Waals surface area contributed by atoms with Gasteiger partial charge in [-0.05, 0) is 63.9 Å². The van der Waals surface area contributed by atoms with Gasteiger partial charge >= 0.3 is 13.8 Å². The molecular formula is C43H78NO7P. The average molecular weight is 752 g/mol. The number of rotatable bonds is 39. The lowest BCUT2D eigenvalue weighted by Gasteiger charge is -2.19. The molecule has 0 fully saturated rings. The molecule has 8 nitrogen and oxygen atoms in total. The highest BCUT2D eigenvalue weighted by Crippen LogP contribution is 2.43. The van der Waals surface area contributed by atoms with Crippen LogP contribution in [0.3, 0.4) is 0 Å². The third-order valence-corrected chi connectivity index (χ3v) is 9.49. The van der Waals surface area contributed by atoms with E-state index in [-0.39, 0.29) is 32.8 Å². The van der Waals surface area contributed by atoms with Gasteiger partial charge in [-0.2, -0.15) is 0 Å². The van der Waals surface area contributed by atoms with E-state index in [0.29, 0.717) is 6.42 Å². The lowest BCUT2D eigenvalue weighted by atomic mass is 10.0. The largest absolute Gasteiger partial charge is 0.498 e. The van der Waals surface area contributed by atoms with Crippen molar-refractivity contribution in [3.63, 3.8) is 0 Å². The predicted octanol–water partition coefficient (Wildman–Crippen LogP) is 12.5. The summed E-state index contributed by atoms with van der Waals surface area (Å²) in [5.41, 5.74) is 5.35. The van der Waals surface area contributed by atoms with Crippen molar-refractivity contribution in [2.24, 2.45) is 5.73 Å². The molecule has 302 valence electrons. The van der Waals surface area contributed by atoms with E-state index in [2.05, 4.69) is 62.5 Å². The maximum Gasteiger partial charge on any atom is 0.472 e. The Kier molecular flexibility index (Phi) is 38.7. The summed E-state index contributed by atoms with van der Waals surface area (Å²) in [6.45, 7) is 4.14. The fraction of sp³-hybridized carbons (Fsp3) is 0.744. The zero-order valence-electron chi connectivity index (χ0n) is 33.3. The Hall–Kier alpha value is -1.96. The van der Waals surface area contributed by atoms with Gasteiger partial charge in [0.2, 0.25) is 0 Å². The summed E-state index contributed by atoms with van der Waals surface area (Å²) < 4.78 is 33.1. The molecule has 0 heterocycles. The van der Waals surface area contributed by atoms with Crippen LogP contribution in [0, 0.1) is 0 Å². The molecule has 2 atom stereocenters. The molecule has 0 aromatic heterocycles. The van der Waals surface area contributed by atoms with Gasteiger partial charge in [-0.1, -0.05) is 159 Å². The number of carbonyl (C=O) groups is 1. The van der Waals surface area contributed by atoms with Gasteiger partial charge in [-0.25, -0.2) is 4.57 Å². The lowest BCUT2D eigenvalue weighted by molar-refractivity contribution is -0.153. The number of phosphoric ester groups is 1. The first-order valence-corrected chi connectivity index (χ1v) is 22.3. The van der Waals surface area contributed by atoms with Crippen molar-refractivity contribution in [1.82, 2.24) is 0 Å². The molecule has 0 aliphatic rings. The maximum absolute atomic E-state index is 12.5. The first kappa shape index (κ1) is 50.0. The van der Waals surface area contributed by atoms with Crippen molar-refractivity contribution < 1.29 is 32.8 Å². The second kappa shape index (κ2) is 40.2. The van der Waals surface area contributed by atoms with Crippen LogP contribution in [0.5, 0.6) is 0 Å². The van der Waals surface area contributed by atoms with Gasteiger partial charge in [-0.15, -0.1) is 0 Å². The normalized spacial score (nSPS) is 14.1. The highest BCUT2D eigenvalue weighted by atomic mass is 31.2. The fourth-order valence-corrected chi connectivity index (χ4v) is 6.19. The van der Waals surface area contributed by atoms with E-state index in [4.69, 9.17) is 24.3 Å². The molecule has 0 rings (SSSR count). The van der Waals surface area contributed by atoms with Gasteiger partial charge in [0.15, 0.2) is 6.10 Å². The van der Waals surface area contributed by atoms with Gasteiger partial charge in [0.05, 0.1) is 19.5 Å². The average Bonchev–Trinajstić information content (AvgIpc) is 3.13. The van der Waals surface area contributed by atoms with E-state index in [1.54, 1.807) is 6.26 Å². The van der Waals surface area contributed by atoms with E-state index in [1.165, 1.54) is 109 Å². The molecule has 0 aliphatic carbocycles. The van der Waals surface area contributed by atoms with E-state index >= 15 is 0 Å². The minimum Gasteiger partial charge on any atom is -0.498 e. The molecule has 0 radical (unpaired) electrons. The van der Waals surface area contributed by atoms with Crippen molar-refractivity contribution in [1.29, 1.82) is 0 Å². The molecule has 0 bridgehead atoms. The lowest BCUT2D eigenvalue weighted by Crippen LogP contribution is -2.27. The van der Waals surface area contributed by atoms with Crippen LogP contribution in [-0.4, -0.2) is 43.3 Å². The first-order valence-electron chi connectivity index (χ1n) is 20.8. The van der Waals surface area contributed by atoms with E-state index in [1.807, 2.05) is 6.08 Å². The third-order valence-electron chi connectivity index (χ3n) is 8.50. The Morgan fingerprint density at radius 3 is 1.58 bits per heavy atom. The van der Waals surface area contributed by atoms with Crippen LogP contribution in [0.1, 0.15) is 174 Å². The molecule has 0 saturated heterocycles. The van der Waals surface area contributed by atoms with Crippen LogP contribution in [-0.2, 0) is 27.9 Å². The summed E-state index contributed by atoms with van der Waals surface area (Å²) in [6, 6.07) is 0. The third kappa shape index (κ3) is 39.3. The van der Waals surface area contributed by atoms with Gasteiger partial charge < -0.3 is 20.1 Å². The molecular weight excluding hydrogens is 673 g/mol. The van der Waals surface area contributed by atoms with Crippen molar-refractivity contribution >= 4 is 13.8 Å². The molecule has 52 heavy (non-hydrogen) atoms.